The molecule has 1 rings (SSSR count). The van der Waals surface area contributed by atoms with E-state index in [1.165, 1.54) is 0 Å². The lowest BCUT2D eigenvalue weighted by Gasteiger charge is -2.19. The van der Waals surface area contributed by atoms with Crippen molar-refractivity contribution in [3.63, 3.8) is 0 Å². The van der Waals surface area contributed by atoms with Crippen LogP contribution in [-0.4, -0.2) is 13.7 Å². The number of anilines is 2. The Morgan fingerprint density at radius 3 is 2.69 bits per heavy atom. The summed E-state index contributed by atoms with van der Waals surface area (Å²) in [6.07, 6.45) is 0. The molecule has 0 saturated heterocycles. The van der Waals surface area contributed by atoms with Crippen molar-refractivity contribution in [2.75, 3.05) is 24.5 Å². The van der Waals surface area contributed by atoms with Crippen molar-refractivity contribution in [1.82, 2.24) is 0 Å². The first kappa shape index (κ1) is 9.86. The van der Waals surface area contributed by atoms with Crippen LogP contribution in [0.15, 0.2) is 18.2 Å². The highest BCUT2D eigenvalue weighted by atomic mass is 16.7. The summed E-state index contributed by atoms with van der Waals surface area (Å²) in [7, 11) is 1.89. The van der Waals surface area contributed by atoms with Crippen LogP contribution < -0.4 is 10.8 Å². The van der Waals surface area contributed by atoms with Gasteiger partial charge in [0.2, 0.25) is 0 Å². The Morgan fingerprint density at radius 1 is 1.46 bits per heavy atom. The second-order valence-corrected chi connectivity index (χ2v) is 2.96. The van der Waals surface area contributed by atoms with Crippen LogP contribution in [0.5, 0.6) is 0 Å². The molecule has 0 amide bonds. The standard InChI is InChI=1S/C10H16N2O/c1-4-13-12(3)10-6-5-9(11)7-8(10)2/h5-7H,4,11H2,1-3H3. The van der Waals surface area contributed by atoms with Gasteiger partial charge in [-0.2, -0.15) is 0 Å². The van der Waals surface area contributed by atoms with Gasteiger partial charge < -0.3 is 5.73 Å². The summed E-state index contributed by atoms with van der Waals surface area (Å²) in [5.41, 5.74) is 8.60. The highest BCUT2D eigenvalue weighted by Crippen LogP contribution is 2.21. The number of nitrogen functional groups attached to an aromatic ring is 1. The molecule has 72 valence electrons. The van der Waals surface area contributed by atoms with E-state index in [4.69, 9.17) is 10.6 Å². The number of hydrogen-bond donors (Lipinski definition) is 1. The molecule has 13 heavy (non-hydrogen) atoms. The summed E-state index contributed by atoms with van der Waals surface area (Å²) < 4.78 is 0. The minimum atomic E-state index is 0.667. The van der Waals surface area contributed by atoms with Gasteiger partial charge in [0.1, 0.15) is 0 Å². The van der Waals surface area contributed by atoms with Crippen molar-refractivity contribution in [1.29, 1.82) is 0 Å². The summed E-state index contributed by atoms with van der Waals surface area (Å²) in [5, 5.41) is 1.76. The average Bonchev–Trinajstić information content (AvgIpc) is 2.04. The zero-order chi connectivity index (χ0) is 9.84. The van der Waals surface area contributed by atoms with Crippen LogP contribution in [0.1, 0.15) is 12.5 Å². The summed E-state index contributed by atoms with van der Waals surface area (Å²) in [4.78, 5) is 5.34. The fourth-order valence-corrected chi connectivity index (χ4v) is 1.30. The molecule has 0 unspecified atom stereocenters. The molecule has 1 aromatic carbocycles. The van der Waals surface area contributed by atoms with Crippen molar-refractivity contribution < 1.29 is 4.84 Å². The van der Waals surface area contributed by atoms with Gasteiger partial charge in [0.25, 0.3) is 0 Å². The topological polar surface area (TPSA) is 38.5 Å². The normalized spacial score (nSPS) is 10.1. The summed E-state index contributed by atoms with van der Waals surface area (Å²) in [6, 6.07) is 5.77. The third-order valence-corrected chi connectivity index (χ3v) is 1.88. The van der Waals surface area contributed by atoms with Crippen molar-refractivity contribution in [3.05, 3.63) is 23.8 Å². The van der Waals surface area contributed by atoms with E-state index in [-0.39, 0.29) is 0 Å². The molecule has 1 aromatic rings. The Kier molecular flexibility index (Phi) is 3.14. The van der Waals surface area contributed by atoms with Gasteiger partial charge in [0.05, 0.1) is 12.3 Å². The van der Waals surface area contributed by atoms with Crippen LogP contribution >= 0.6 is 0 Å². The van der Waals surface area contributed by atoms with E-state index in [0.717, 1.165) is 16.9 Å². The number of hydroxylamine groups is 1. The number of nitrogens with zero attached hydrogens (tertiary/aromatic N) is 1. The Balaban J connectivity index is 2.88. The lowest BCUT2D eigenvalue weighted by Crippen LogP contribution is -2.18. The van der Waals surface area contributed by atoms with Crippen LogP contribution in [-0.2, 0) is 4.84 Å². The second-order valence-electron chi connectivity index (χ2n) is 2.96. The first-order chi connectivity index (χ1) is 6.15. The Morgan fingerprint density at radius 2 is 2.15 bits per heavy atom. The van der Waals surface area contributed by atoms with E-state index in [9.17, 15) is 0 Å². The molecule has 2 N–H and O–H groups in total. The lowest BCUT2D eigenvalue weighted by molar-refractivity contribution is 0.134. The summed E-state index contributed by atoms with van der Waals surface area (Å²) in [6.45, 7) is 4.64. The molecule has 0 aliphatic rings. The van der Waals surface area contributed by atoms with E-state index >= 15 is 0 Å². The number of rotatable bonds is 3. The Labute approximate surface area is 79.1 Å². The molecule has 0 fully saturated rings. The minimum absolute atomic E-state index is 0.667. The molecule has 0 spiro atoms. The van der Waals surface area contributed by atoms with Gasteiger partial charge in [-0.25, -0.2) is 0 Å². The maximum atomic E-state index is 5.64. The van der Waals surface area contributed by atoms with E-state index < -0.39 is 0 Å². The summed E-state index contributed by atoms with van der Waals surface area (Å²) in [5.74, 6) is 0. The second kappa shape index (κ2) is 4.14. The zero-order valence-corrected chi connectivity index (χ0v) is 8.37. The molecule has 0 atom stereocenters. The van der Waals surface area contributed by atoms with Gasteiger partial charge in [-0.15, -0.1) is 0 Å². The molecule has 0 saturated carbocycles. The third kappa shape index (κ3) is 2.36. The maximum Gasteiger partial charge on any atom is 0.0720 e. The van der Waals surface area contributed by atoms with Crippen LogP contribution in [0, 0.1) is 6.92 Å². The van der Waals surface area contributed by atoms with Crippen molar-refractivity contribution in [3.8, 4) is 0 Å². The van der Waals surface area contributed by atoms with Crippen LogP contribution in [0.2, 0.25) is 0 Å². The molecular weight excluding hydrogens is 164 g/mol. The fraction of sp³-hybridized carbons (Fsp3) is 0.400. The third-order valence-electron chi connectivity index (χ3n) is 1.88. The van der Waals surface area contributed by atoms with E-state index in [0.29, 0.717) is 6.61 Å². The smallest absolute Gasteiger partial charge is 0.0720 e. The lowest BCUT2D eigenvalue weighted by atomic mass is 10.2. The zero-order valence-electron chi connectivity index (χ0n) is 8.37. The minimum Gasteiger partial charge on any atom is -0.399 e. The molecule has 0 heterocycles. The van der Waals surface area contributed by atoms with Gasteiger partial charge in [0, 0.05) is 12.7 Å². The monoisotopic (exact) mass is 180 g/mol. The fourth-order valence-electron chi connectivity index (χ4n) is 1.30. The Hall–Kier alpha value is -1.22. The molecule has 0 aromatic heterocycles. The predicted octanol–water partition coefficient (Wildman–Crippen LogP) is 1.96. The SMILES string of the molecule is CCON(C)c1ccc(N)cc1C. The number of hydrogen-bond acceptors (Lipinski definition) is 3. The van der Waals surface area contributed by atoms with Gasteiger partial charge in [-0.1, -0.05) is 0 Å². The van der Waals surface area contributed by atoms with Crippen LogP contribution in [0.3, 0.4) is 0 Å². The highest BCUT2D eigenvalue weighted by molar-refractivity contribution is 5.57. The number of aryl methyl sites for hydroxylation is 1. The molecule has 0 radical (unpaired) electrons. The quantitative estimate of drug-likeness (QED) is 0.571. The molecule has 0 bridgehead atoms. The average molecular weight is 180 g/mol. The number of benzene rings is 1. The summed E-state index contributed by atoms with van der Waals surface area (Å²) >= 11 is 0. The van der Waals surface area contributed by atoms with E-state index in [1.807, 2.05) is 39.1 Å². The van der Waals surface area contributed by atoms with Gasteiger partial charge in [-0.05, 0) is 37.6 Å². The largest absolute Gasteiger partial charge is 0.399 e. The van der Waals surface area contributed by atoms with Crippen LogP contribution in [0.4, 0.5) is 11.4 Å². The number of nitrogens with two attached hydrogens (primary N) is 1. The first-order valence-corrected chi connectivity index (χ1v) is 4.38. The van der Waals surface area contributed by atoms with Crippen LogP contribution in [0.25, 0.3) is 0 Å². The molecule has 0 aliphatic heterocycles. The maximum absolute atomic E-state index is 5.64. The van der Waals surface area contributed by atoms with Gasteiger partial charge >= 0.3 is 0 Å². The van der Waals surface area contributed by atoms with Crippen molar-refractivity contribution in [2.45, 2.75) is 13.8 Å². The van der Waals surface area contributed by atoms with Crippen molar-refractivity contribution in [2.24, 2.45) is 0 Å². The van der Waals surface area contributed by atoms with Gasteiger partial charge in [0.15, 0.2) is 0 Å². The van der Waals surface area contributed by atoms with Gasteiger partial charge in [-0.3, -0.25) is 9.90 Å². The highest BCUT2D eigenvalue weighted by Gasteiger charge is 2.03. The molecule has 0 aliphatic carbocycles. The molecular formula is C10H16N2O. The van der Waals surface area contributed by atoms with Crippen molar-refractivity contribution >= 4 is 11.4 Å². The Bertz CT molecular complexity index is 286. The predicted molar refractivity (Wildman–Crippen MR) is 55.6 cm³/mol. The van der Waals surface area contributed by atoms with E-state index in [2.05, 4.69) is 0 Å². The molecule has 3 heteroatoms. The first-order valence-electron chi connectivity index (χ1n) is 4.38. The van der Waals surface area contributed by atoms with E-state index in [1.54, 1.807) is 5.06 Å². The molecule has 3 nitrogen and oxygen atoms in total.